The van der Waals surface area contributed by atoms with E-state index in [1.807, 2.05) is 16.8 Å². The van der Waals surface area contributed by atoms with E-state index in [9.17, 15) is 0 Å². The summed E-state index contributed by atoms with van der Waals surface area (Å²) in [7, 11) is 1.62. The third kappa shape index (κ3) is 1.83. The minimum absolute atomic E-state index is 0.0191. The van der Waals surface area contributed by atoms with Gasteiger partial charge in [0.25, 0.3) is 0 Å². The lowest BCUT2D eigenvalue weighted by Gasteiger charge is -2.38. The van der Waals surface area contributed by atoms with Gasteiger partial charge in [-0.25, -0.2) is 4.68 Å². The van der Waals surface area contributed by atoms with Crippen LogP contribution in [0, 0.1) is 0 Å². The van der Waals surface area contributed by atoms with Crippen LogP contribution in [0.1, 0.15) is 26.2 Å². The van der Waals surface area contributed by atoms with Crippen molar-refractivity contribution < 1.29 is 4.74 Å². The van der Waals surface area contributed by atoms with E-state index < -0.39 is 0 Å². The number of ether oxygens (including phenoxy) is 1. The molecule has 0 amide bonds. The van der Waals surface area contributed by atoms with Gasteiger partial charge in [0, 0.05) is 11.8 Å². The summed E-state index contributed by atoms with van der Waals surface area (Å²) < 4.78 is 7.29. The molecule has 1 fully saturated rings. The zero-order valence-electron chi connectivity index (χ0n) is 11.1. The van der Waals surface area contributed by atoms with Crippen LogP contribution in [0.2, 0.25) is 0 Å². The highest BCUT2D eigenvalue weighted by atomic mass is 16.5. The molecular weight excluding hydrogens is 242 g/mol. The normalized spacial score (nSPS) is 16.9. The maximum absolute atomic E-state index is 5.78. The molecule has 0 unspecified atom stereocenters. The second kappa shape index (κ2) is 4.22. The van der Waals surface area contributed by atoms with Crippen LogP contribution < -0.4 is 10.5 Å². The highest BCUT2D eigenvalue weighted by Gasteiger charge is 2.37. The smallest absolute Gasteiger partial charge is 0.186 e. The molecule has 0 saturated heterocycles. The third-order valence-corrected chi connectivity index (χ3v) is 3.88. The Morgan fingerprint density at radius 3 is 2.79 bits per heavy atom. The Balaban J connectivity index is 2.10. The van der Waals surface area contributed by atoms with Gasteiger partial charge in [0.1, 0.15) is 5.75 Å². The van der Waals surface area contributed by atoms with E-state index in [-0.39, 0.29) is 5.54 Å². The van der Waals surface area contributed by atoms with Gasteiger partial charge in [0.15, 0.2) is 5.82 Å². The number of hydrogen-bond acceptors (Lipinski definition) is 5. The number of nitrogens with two attached hydrogens (primary N) is 1. The van der Waals surface area contributed by atoms with Crippen LogP contribution in [-0.4, -0.2) is 27.3 Å². The molecule has 0 radical (unpaired) electrons. The first-order valence-electron chi connectivity index (χ1n) is 6.37. The zero-order valence-corrected chi connectivity index (χ0v) is 11.1. The molecule has 3 rings (SSSR count). The Bertz CT molecular complexity index is 603. The van der Waals surface area contributed by atoms with E-state index >= 15 is 0 Å². The monoisotopic (exact) mass is 259 g/mol. The third-order valence-electron chi connectivity index (χ3n) is 3.88. The molecule has 1 heterocycles. The van der Waals surface area contributed by atoms with E-state index in [4.69, 9.17) is 10.5 Å². The average molecular weight is 259 g/mol. The molecule has 100 valence electrons. The number of nitrogens with zero attached hydrogens (tertiary/aromatic N) is 4. The summed E-state index contributed by atoms with van der Waals surface area (Å²) in [6, 6.07) is 5.52. The maximum Gasteiger partial charge on any atom is 0.186 e. The Morgan fingerprint density at radius 1 is 1.37 bits per heavy atom. The quantitative estimate of drug-likeness (QED) is 0.851. The molecule has 1 aromatic carbocycles. The summed E-state index contributed by atoms with van der Waals surface area (Å²) >= 11 is 0. The number of methoxy groups -OCH3 is 1. The number of tetrazole rings is 1. The molecule has 1 aliphatic rings. The van der Waals surface area contributed by atoms with Crippen molar-refractivity contribution in [1.29, 1.82) is 0 Å². The van der Waals surface area contributed by atoms with Crippen molar-refractivity contribution in [3.05, 3.63) is 18.2 Å². The summed E-state index contributed by atoms with van der Waals surface area (Å²) in [6.07, 6.45) is 3.42. The Morgan fingerprint density at radius 2 is 2.16 bits per heavy atom. The number of rotatable bonds is 3. The van der Waals surface area contributed by atoms with Crippen LogP contribution in [0.25, 0.3) is 11.4 Å². The molecule has 2 N–H and O–H groups in total. The summed E-state index contributed by atoms with van der Waals surface area (Å²) in [5.41, 5.74) is 7.33. The fraction of sp³-hybridized carbons (Fsp3) is 0.462. The maximum atomic E-state index is 5.78. The first-order chi connectivity index (χ1) is 9.14. The minimum Gasteiger partial charge on any atom is -0.496 e. The van der Waals surface area contributed by atoms with Gasteiger partial charge in [-0.3, -0.25) is 0 Å². The van der Waals surface area contributed by atoms with Crippen LogP contribution >= 0.6 is 0 Å². The molecule has 6 nitrogen and oxygen atoms in total. The van der Waals surface area contributed by atoms with Crippen LogP contribution in [-0.2, 0) is 5.54 Å². The Kier molecular flexibility index (Phi) is 2.66. The SMILES string of the molecule is COc1cc(N)ccc1-c1nnnn1C1(C)CCC1. The summed E-state index contributed by atoms with van der Waals surface area (Å²) in [5.74, 6) is 1.43. The van der Waals surface area contributed by atoms with Crippen LogP contribution in [0.4, 0.5) is 5.69 Å². The van der Waals surface area contributed by atoms with Gasteiger partial charge < -0.3 is 10.5 Å². The first kappa shape index (κ1) is 12.0. The van der Waals surface area contributed by atoms with E-state index in [0.29, 0.717) is 11.4 Å². The van der Waals surface area contributed by atoms with Gasteiger partial charge in [-0.2, -0.15) is 0 Å². The van der Waals surface area contributed by atoms with E-state index in [1.54, 1.807) is 13.2 Å². The first-order valence-corrected chi connectivity index (χ1v) is 6.37. The van der Waals surface area contributed by atoms with Crippen molar-refractivity contribution in [3.8, 4) is 17.1 Å². The van der Waals surface area contributed by atoms with Gasteiger partial charge in [-0.1, -0.05) is 0 Å². The van der Waals surface area contributed by atoms with Crippen molar-refractivity contribution in [2.75, 3.05) is 12.8 Å². The molecule has 0 spiro atoms. The van der Waals surface area contributed by atoms with Crippen molar-refractivity contribution in [2.24, 2.45) is 0 Å². The van der Waals surface area contributed by atoms with Gasteiger partial charge >= 0.3 is 0 Å². The van der Waals surface area contributed by atoms with Gasteiger partial charge in [0.2, 0.25) is 0 Å². The number of anilines is 1. The molecule has 0 atom stereocenters. The largest absolute Gasteiger partial charge is 0.496 e. The lowest BCUT2D eigenvalue weighted by molar-refractivity contribution is 0.148. The van der Waals surface area contributed by atoms with Gasteiger partial charge in [-0.15, -0.1) is 5.10 Å². The highest BCUT2D eigenvalue weighted by molar-refractivity contribution is 5.68. The summed E-state index contributed by atoms with van der Waals surface area (Å²) in [5, 5.41) is 12.1. The van der Waals surface area contributed by atoms with Crippen LogP contribution in [0.5, 0.6) is 5.75 Å². The molecule has 0 aliphatic heterocycles. The Labute approximate surface area is 111 Å². The summed E-state index contributed by atoms with van der Waals surface area (Å²) in [4.78, 5) is 0. The molecule has 19 heavy (non-hydrogen) atoms. The predicted molar refractivity (Wildman–Crippen MR) is 71.7 cm³/mol. The predicted octanol–water partition coefficient (Wildman–Crippen LogP) is 1.83. The molecule has 1 saturated carbocycles. The Hall–Kier alpha value is -2.11. The van der Waals surface area contributed by atoms with E-state index in [1.165, 1.54) is 6.42 Å². The van der Waals surface area contributed by atoms with Crippen molar-refractivity contribution in [2.45, 2.75) is 31.7 Å². The molecule has 1 aromatic heterocycles. The molecule has 6 heteroatoms. The van der Waals surface area contributed by atoms with Crippen LogP contribution in [0.3, 0.4) is 0 Å². The second-order valence-corrected chi connectivity index (χ2v) is 5.22. The van der Waals surface area contributed by atoms with Gasteiger partial charge in [0.05, 0.1) is 18.2 Å². The highest BCUT2D eigenvalue weighted by Crippen LogP contribution is 2.41. The van der Waals surface area contributed by atoms with E-state index in [2.05, 4.69) is 22.4 Å². The topological polar surface area (TPSA) is 78.8 Å². The van der Waals surface area contributed by atoms with Crippen molar-refractivity contribution in [1.82, 2.24) is 20.2 Å². The number of nitrogen functional groups attached to an aromatic ring is 1. The zero-order chi connectivity index (χ0) is 13.5. The summed E-state index contributed by atoms with van der Waals surface area (Å²) in [6.45, 7) is 2.18. The van der Waals surface area contributed by atoms with Crippen molar-refractivity contribution >= 4 is 5.69 Å². The molecule has 0 bridgehead atoms. The molecular formula is C13H17N5O. The fourth-order valence-electron chi connectivity index (χ4n) is 2.51. The van der Waals surface area contributed by atoms with Crippen LogP contribution in [0.15, 0.2) is 18.2 Å². The average Bonchev–Trinajstić information content (AvgIpc) is 2.85. The number of aromatic nitrogens is 4. The lowest BCUT2D eigenvalue weighted by atomic mass is 9.78. The molecule has 1 aliphatic carbocycles. The van der Waals surface area contributed by atoms with Crippen molar-refractivity contribution in [3.63, 3.8) is 0 Å². The standard InChI is InChI=1S/C13H17N5O/c1-13(6-3-7-13)18-12(15-16-17-18)10-5-4-9(14)8-11(10)19-2/h4-5,8H,3,6-7,14H2,1-2H3. The van der Waals surface area contributed by atoms with Gasteiger partial charge in [-0.05, 0) is 48.7 Å². The number of hydrogen-bond donors (Lipinski definition) is 1. The lowest BCUT2D eigenvalue weighted by Crippen LogP contribution is -2.38. The second-order valence-electron chi connectivity index (χ2n) is 5.22. The fourth-order valence-corrected chi connectivity index (χ4v) is 2.51. The minimum atomic E-state index is 0.0191. The number of benzene rings is 1. The van der Waals surface area contributed by atoms with E-state index in [0.717, 1.165) is 24.2 Å². The molecule has 2 aromatic rings.